The summed E-state index contributed by atoms with van der Waals surface area (Å²) >= 11 is 8.13. The van der Waals surface area contributed by atoms with E-state index in [0.29, 0.717) is 17.1 Å². The van der Waals surface area contributed by atoms with E-state index in [9.17, 15) is 14.7 Å². The van der Waals surface area contributed by atoms with Crippen LogP contribution in [0.2, 0.25) is 5.02 Å². The van der Waals surface area contributed by atoms with Crippen LogP contribution in [0.3, 0.4) is 0 Å². The lowest BCUT2D eigenvalue weighted by Crippen LogP contribution is -2.46. The molecule has 114 valence electrons. The summed E-state index contributed by atoms with van der Waals surface area (Å²) in [5, 5.41) is 9.73. The molecule has 1 heterocycles. The molecule has 0 radical (unpaired) electrons. The molecular weight excluding hydrogens is 409 g/mol. The maximum absolute atomic E-state index is 12.6. The van der Waals surface area contributed by atoms with Crippen molar-refractivity contribution in [2.45, 2.75) is 13.0 Å². The highest BCUT2D eigenvalue weighted by Gasteiger charge is 2.39. The number of carbonyl (C=O) groups excluding carboxylic acids is 1. The van der Waals surface area contributed by atoms with Crippen molar-refractivity contribution in [1.82, 2.24) is 4.90 Å². The van der Waals surface area contributed by atoms with E-state index in [2.05, 4.69) is 22.6 Å². The Hall–Kier alpha value is -0.860. The number of carbonyl (C=O) groups is 2. The number of rotatable bonds is 4. The van der Waals surface area contributed by atoms with Crippen molar-refractivity contribution in [1.29, 1.82) is 0 Å². The molecule has 0 aliphatic carbocycles. The molecule has 5 nitrogen and oxygen atoms in total. The number of benzene rings is 1. The van der Waals surface area contributed by atoms with Crippen LogP contribution in [0.25, 0.3) is 0 Å². The van der Waals surface area contributed by atoms with E-state index < -0.39 is 17.9 Å². The molecule has 0 bridgehead atoms. The van der Waals surface area contributed by atoms with Gasteiger partial charge in [0, 0.05) is 15.7 Å². The van der Waals surface area contributed by atoms with Gasteiger partial charge in [-0.25, -0.2) is 0 Å². The summed E-state index contributed by atoms with van der Waals surface area (Å²) in [6.07, 6.45) is 0. The van der Waals surface area contributed by atoms with E-state index in [1.807, 2.05) is 6.92 Å². The van der Waals surface area contributed by atoms with Crippen LogP contribution in [-0.2, 0) is 9.53 Å². The third kappa shape index (κ3) is 3.49. The zero-order valence-electron chi connectivity index (χ0n) is 11.4. The fourth-order valence-electron chi connectivity index (χ4n) is 2.41. The average molecular weight is 424 g/mol. The van der Waals surface area contributed by atoms with Crippen LogP contribution in [0, 0.1) is 9.49 Å². The van der Waals surface area contributed by atoms with Crippen molar-refractivity contribution in [3.63, 3.8) is 0 Å². The van der Waals surface area contributed by atoms with Crippen LogP contribution >= 0.6 is 34.2 Å². The summed E-state index contributed by atoms with van der Waals surface area (Å²) in [4.78, 5) is 25.4. The predicted molar refractivity (Wildman–Crippen MR) is 86.6 cm³/mol. The molecule has 2 atom stereocenters. The van der Waals surface area contributed by atoms with E-state index in [1.54, 1.807) is 23.1 Å². The fourth-order valence-corrected chi connectivity index (χ4v) is 2.93. The topological polar surface area (TPSA) is 66.8 Å². The molecule has 0 aromatic heterocycles. The first-order chi connectivity index (χ1) is 9.95. The SMILES string of the molecule is CCN(C(=O)c1ccc(I)c(Cl)c1)C1COCC1C(=O)O. The second-order valence-corrected chi connectivity index (χ2v) is 6.34. The largest absolute Gasteiger partial charge is 0.481 e. The van der Waals surface area contributed by atoms with Gasteiger partial charge in [0.25, 0.3) is 5.91 Å². The van der Waals surface area contributed by atoms with Gasteiger partial charge in [-0.1, -0.05) is 11.6 Å². The lowest BCUT2D eigenvalue weighted by molar-refractivity contribution is -0.142. The molecule has 1 aliphatic rings. The number of carboxylic acid groups (broad SMARTS) is 1. The Balaban J connectivity index is 2.26. The molecule has 1 aromatic carbocycles. The van der Waals surface area contributed by atoms with Gasteiger partial charge in [-0.2, -0.15) is 0 Å². The molecule has 1 fully saturated rings. The number of nitrogens with zero attached hydrogens (tertiary/aromatic N) is 1. The van der Waals surface area contributed by atoms with Gasteiger partial charge < -0.3 is 14.7 Å². The van der Waals surface area contributed by atoms with Crippen LogP contribution in [0.1, 0.15) is 17.3 Å². The minimum Gasteiger partial charge on any atom is -0.481 e. The van der Waals surface area contributed by atoms with Crippen LogP contribution < -0.4 is 0 Å². The van der Waals surface area contributed by atoms with E-state index in [-0.39, 0.29) is 19.1 Å². The molecular formula is C14H15ClINO4. The minimum atomic E-state index is -0.940. The highest BCUT2D eigenvalue weighted by Crippen LogP contribution is 2.24. The average Bonchev–Trinajstić information content (AvgIpc) is 2.92. The van der Waals surface area contributed by atoms with E-state index in [0.717, 1.165) is 3.57 Å². The number of likely N-dealkylation sites (N-methyl/N-ethyl adjacent to an activating group) is 1. The highest BCUT2D eigenvalue weighted by molar-refractivity contribution is 14.1. The summed E-state index contributed by atoms with van der Waals surface area (Å²) in [6, 6.07) is 4.63. The van der Waals surface area contributed by atoms with Crippen molar-refractivity contribution in [2.24, 2.45) is 5.92 Å². The number of hydrogen-bond acceptors (Lipinski definition) is 3. The number of halogens is 2. The number of carboxylic acids is 1. The molecule has 1 aliphatic heterocycles. The van der Waals surface area contributed by atoms with E-state index >= 15 is 0 Å². The Morgan fingerprint density at radius 3 is 2.76 bits per heavy atom. The molecule has 7 heteroatoms. The van der Waals surface area contributed by atoms with Gasteiger partial charge in [-0.05, 0) is 47.7 Å². The molecule has 0 saturated carbocycles. The molecule has 2 rings (SSSR count). The van der Waals surface area contributed by atoms with Crippen molar-refractivity contribution in [3.8, 4) is 0 Å². The van der Waals surface area contributed by atoms with E-state index in [1.165, 1.54) is 0 Å². The second kappa shape index (κ2) is 6.93. The minimum absolute atomic E-state index is 0.136. The zero-order chi connectivity index (χ0) is 15.6. The Morgan fingerprint density at radius 2 is 2.19 bits per heavy atom. The molecule has 1 amide bonds. The zero-order valence-corrected chi connectivity index (χ0v) is 14.3. The van der Waals surface area contributed by atoms with Crippen LogP contribution in [0.15, 0.2) is 18.2 Å². The fraction of sp³-hybridized carbons (Fsp3) is 0.429. The van der Waals surface area contributed by atoms with Gasteiger partial charge in [0.15, 0.2) is 0 Å². The van der Waals surface area contributed by atoms with Crippen molar-refractivity contribution in [3.05, 3.63) is 32.4 Å². The van der Waals surface area contributed by atoms with Crippen LogP contribution in [-0.4, -0.2) is 47.7 Å². The molecule has 2 unspecified atom stereocenters. The normalized spacial score (nSPS) is 21.3. The number of aliphatic carboxylic acids is 1. The van der Waals surface area contributed by atoms with Crippen LogP contribution in [0.4, 0.5) is 0 Å². The third-order valence-corrected chi connectivity index (χ3v) is 5.11. The van der Waals surface area contributed by atoms with E-state index in [4.69, 9.17) is 16.3 Å². The number of hydrogen-bond donors (Lipinski definition) is 1. The third-order valence-electron chi connectivity index (χ3n) is 3.54. The summed E-state index contributed by atoms with van der Waals surface area (Å²) < 4.78 is 6.10. The predicted octanol–water partition coefficient (Wildman–Crippen LogP) is 2.51. The maximum Gasteiger partial charge on any atom is 0.311 e. The molecule has 0 spiro atoms. The molecule has 1 N–H and O–H groups in total. The summed E-state index contributed by atoms with van der Waals surface area (Å²) in [5.41, 5.74) is 0.457. The standard InChI is InChI=1S/C14H15ClINO4/c1-2-17(12-7-21-6-9(12)14(19)20)13(18)8-3-4-11(16)10(15)5-8/h3-5,9,12H,2,6-7H2,1H3,(H,19,20). The number of amides is 1. The first kappa shape index (κ1) is 16.5. The quantitative estimate of drug-likeness (QED) is 0.756. The summed E-state index contributed by atoms with van der Waals surface area (Å²) in [6.45, 7) is 2.62. The smallest absolute Gasteiger partial charge is 0.311 e. The van der Waals surface area contributed by atoms with Gasteiger partial charge >= 0.3 is 5.97 Å². The Bertz CT molecular complexity index is 566. The van der Waals surface area contributed by atoms with Crippen molar-refractivity contribution < 1.29 is 19.4 Å². The monoisotopic (exact) mass is 423 g/mol. The van der Waals surface area contributed by atoms with Crippen molar-refractivity contribution in [2.75, 3.05) is 19.8 Å². The van der Waals surface area contributed by atoms with Gasteiger partial charge in [0.05, 0.1) is 24.3 Å². The maximum atomic E-state index is 12.6. The summed E-state index contributed by atoms with van der Waals surface area (Å²) in [5.74, 6) is -1.85. The van der Waals surface area contributed by atoms with Gasteiger partial charge in [-0.3, -0.25) is 9.59 Å². The molecule has 1 saturated heterocycles. The lowest BCUT2D eigenvalue weighted by Gasteiger charge is -2.29. The number of ether oxygens (including phenoxy) is 1. The highest BCUT2D eigenvalue weighted by atomic mass is 127. The van der Waals surface area contributed by atoms with Gasteiger partial charge in [-0.15, -0.1) is 0 Å². The lowest BCUT2D eigenvalue weighted by atomic mass is 10.0. The summed E-state index contributed by atoms with van der Waals surface area (Å²) in [7, 11) is 0. The van der Waals surface area contributed by atoms with Gasteiger partial charge in [0.1, 0.15) is 5.92 Å². The molecule has 1 aromatic rings. The van der Waals surface area contributed by atoms with Gasteiger partial charge in [0.2, 0.25) is 0 Å². The van der Waals surface area contributed by atoms with Crippen LogP contribution in [0.5, 0.6) is 0 Å². The van der Waals surface area contributed by atoms with Crippen molar-refractivity contribution >= 4 is 46.1 Å². The first-order valence-corrected chi connectivity index (χ1v) is 7.98. The Labute approximate surface area is 141 Å². The Kier molecular flexibility index (Phi) is 5.45. The molecule has 21 heavy (non-hydrogen) atoms. The second-order valence-electron chi connectivity index (χ2n) is 4.77. The Morgan fingerprint density at radius 1 is 1.48 bits per heavy atom. The first-order valence-electron chi connectivity index (χ1n) is 6.52.